The zero-order chi connectivity index (χ0) is 14.7. The molecule has 4 nitrogen and oxygen atoms in total. The van der Waals surface area contributed by atoms with Gasteiger partial charge in [-0.3, -0.25) is 4.99 Å². The third kappa shape index (κ3) is 3.03. The van der Waals surface area contributed by atoms with E-state index in [1.807, 2.05) is 24.3 Å². The van der Waals surface area contributed by atoms with E-state index in [1.165, 1.54) is 6.07 Å². The number of hydrogen-bond acceptors (Lipinski definition) is 4. The average Bonchev–Trinajstić information content (AvgIpc) is 2.53. The van der Waals surface area contributed by atoms with Crippen molar-refractivity contribution in [3.8, 4) is 5.75 Å². The summed E-state index contributed by atoms with van der Waals surface area (Å²) in [6, 6.07) is 13.8. The van der Waals surface area contributed by atoms with Crippen LogP contribution in [0.3, 0.4) is 0 Å². The maximum Gasteiger partial charge on any atom is 0.165 e. The summed E-state index contributed by atoms with van der Waals surface area (Å²) in [6.07, 6.45) is 0. The van der Waals surface area contributed by atoms with Crippen molar-refractivity contribution in [2.75, 3.05) is 11.9 Å². The molecule has 0 aliphatic carbocycles. The summed E-state index contributed by atoms with van der Waals surface area (Å²) in [5.41, 5.74) is 8.19. The number of para-hydroxylation sites is 2. The molecule has 1 aliphatic rings. The van der Waals surface area contributed by atoms with Gasteiger partial charge in [-0.2, -0.15) is 0 Å². The van der Waals surface area contributed by atoms with Crippen molar-refractivity contribution in [3.05, 3.63) is 59.9 Å². The molecule has 1 unspecified atom stereocenters. The van der Waals surface area contributed by atoms with Gasteiger partial charge in [0.25, 0.3) is 0 Å². The molecule has 0 aromatic heterocycles. The summed E-state index contributed by atoms with van der Waals surface area (Å²) in [4.78, 5) is 4.41. The van der Waals surface area contributed by atoms with Crippen LogP contribution in [0.5, 0.6) is 5.75 Å². The van der Waals surface area contributed by atoms with Crippen LogP contribution in [0.2, 0.25) is 0 Å². The Bertz CT molecular complexity index is 672. The van der Waals surface area contributed by atoms with Crippen LogP contribution in [0.25, 0.3) is 0 Å². The first-order chi connectivity index (χ1) is 10.2. The van der Waals surface area contributed by atoms with Crippen LogP contribution in [-0.2, 0) is 6.54 Å². The minimum atomic E-state index is -0.432. The van der Waals surface area contributed by atoms with Crippen LogP contribution < -0.4 is 15.8 Å². The lowest BCUT2D eigenvalue weighted by atomic mass is 10.1. The second-order valence-corrected chi connectivity index (χ2v) is 4.83. The second-order valence-electron chi connectivity index (χ2n) is 4.83. The van der Waals surface area contributed by atoms with Crippen molar-refractivity contribution in [1.82, 2.24) is 0 Å². The average molecular weight is 285 g/mol. The summed E-state index contributed by atoms with van der Waals surface area (Å²) >= 11 is 0. The van der Waals surface area contributed by atoms with Crippen molar-refractivity contribution >= 4 is 11.5 Å². The maximum atomic E-state index is 13.5. The molecule has 1 heterocycles. The Balaban J connectivity index is 1.63. The number of nitrogens with one attached hydrogen (secondary N) is 1. The van der Waals surface area contributed by atoms with Crippen molar-refractivity contribution < 1.29 is 9.13 Å². The third-order valence-corrected chi connectivity index (χ3v) is 3.31. The summed E-state index contributed by atoms with van der Waals surface area (Å²) in [5, 5.41) is 3.20. The molecule has 3 rings (SSSR count). The number of rotatable bonds is 4. The van der Waals surface area contributed by atoms with Crippen molar-refractivity contribution in [1.29, 1.82) is 0 Å². The quantitative estimate of drug-likeness (QED) is 0.907. The van der Waals surface area contributed by atoms with Crippen LogP contribution in [0.15, 0.2) is 53.5 Å². The highest BCUT2D eigenvalue weighted by molar-refractivity contribution is 6.01. The molecule has 2 aromatic carbocycles. The largest absolute Gasteiger partial charge is 0.488 e. The Hall–Kier alpha value is -2.40. The minimum Gasteiger partial charge on any atom is -0.488 e. The smallest absolute Gasteiger partial charge is 0.165 e. The number of ether oxygens (including phenoxy) is 1. The number of amidine groups is 1. The molecule has 5 heteroatoms. The first-order valence-electron chi connectivity index (χ1n) is 6.76. The number of fused-ring (bicyclic) bond motifs is 1. The van der Waals surface area contributed by atoms with Gasteiger partial charge in [-0.05, 0) is 23.8 Å². The Morgan fingerprint density at radius 2 is 1.95 bits per heavy atom. The van der Waals surface area contributed by atoms with E-state index in [4.69, 9.17) is 10.5 Å². The number of nitrogens with zero attached hydrogens (tertiary/aromatic N) is 1. The van der Waals surface area contributed by atoms with E-state index in [-0.39, 0.29) is 12.4 Å². The van der Waals surface area contributed by atoms with Crippen molar-refractivity contribution in [2.45, 2.75) is 12.6 Å². The molecule has 0 amide bonds. The molecule has 0 fully saturated rings. The van der Waals surface area contributed by atoms with Crippen LogP contribution in [0.4, 0.5) is 10.1 Å². The number of halogens is 1. The monoisotopic (exact) mass is 285 g/mol. The molecule has 0 bridgehead atoms. The second kappa shape index (κ2) is 5.93. The molecule has 0 radical (unpaired) electrons. The fraction of sp³-hybridized carbons (Fsp3) is 0.188. The molecule has 108 valence electrons. The van der Waals surface area contributed by atoms with Crippen LogP contribution in [0.1, 0.15) is 5.56 Å². The predicted molar refractivity (Wildman–Crippen MR) is 81.1 cm³/mol. The standard InChI is InChI=1S/C16H16FN3O/c17-12-6-2-4-8-15(12)21-10-13(18)16-19-9-11-5-1-3-7-14(11)20-16/h1-8,13H,9-10,18H2,(H,19,20). The SMILES string of the molecule is NC(COc1ccccc1F)C1=NCc2ccccc2N1. The highest BCUT2D eigenvalue weighted by Crippen LogP contribution is 2.21. The predicted octanol–water partition coefficient (Wildman–Crippen LogP) is 2.56. The molecular weight excluding hydrogens is 269 g/mol. The Labute approximate surface area is 122 Å². The van der Waals surface area contributed by atoms with Gasteiger partial charge in [-0.1, -0.05) is 30.3 Å². The van der Waals surface area contributed by atoms with Gasteiger partial charge in [0, 0.05) is 5.69 Å². The summed E-state index contributed by atoms with van der Waals surface area (Å²) in [5.74, 6) is 0.461. The molecule has 0 spiro atoms. The third-order valence-electron chi connectivity index (χ3n) is 3.31. The number of hydrogen-bond donors (Lipinski definition) is 2. The zero-order valence-electron chi connectivity index (χ0n) is 11.4. The summed E-state index contributed by atoms with van der Waals surface area (Å²) in [7, 11) is 0. The van der Waals surface area contributed by atoms with Gasteiger partial charge in [0.2, 0.25) is 0 Å². The molecule has 0 saturated carbocycles. The Kier molecular flexibility index (Phi) is 3.83. The highest BCUT2D eigenvalue weighted by atomic mass is 19.1. The molecule has 1 atom stereocenters. The van der Waals surface area contributed by atoms with E-state index in [0.717, 1.165) is 11.3 Å². The fourth-order valence-corrected chi connectivity index (χ4v) is 2.16. The topological polar surface area (TPSA) is 59.6 Å². The molecular formula is C16H16FN3O. The lowest BCUT2D eigenvalue weighted by Gasteiger charge is -2.22. The van der Waals surface area contributed by atoms with E-state index in [0.29, 0.717) is 12.4 Å². The first-order valence-corrected chi connectivity index (χ1v) is 6.76. The van der Waals surface area contributed by atoms with Gasteiger partial charge >= 0.3 is 0 Å². The highest BCUT2D eigenvalue weighted by Gasteiger charge is 2.18. The molecule has 0 saturated heterocycles. The fourth-order valence-electron chi connectivity index (χ4n) is 2.16. The van der Waals surface area contributed by atoms with Crippen molar-refractivity contribution in [3.63, 3.8) is 0 Å². The van der Waals surface area contributed by atoms with Crippen LogP contribution >= 0.6 is 0 Å². The van der Waals surface area contributed by atoms with Gasteiger partial charge in [0.15, 0.2) is 11.6 Å². The molecule has 2 aromatic rings. The van der Waals surface area contributed by atoms with Gasteiger partial charge in [0.05, 0.1) is 12.6 Å². The lowest BCUT2D eigenvalue weighted by molar-refractivity contribution is 0.296. The van der Waals surface area contributed by atoms with E-state index in [2.05, 4.69) is 10.3 Å². The lowest BCUT2D eigenvalue weighted by Crippen LogP contribution is -2.42. The van der Waals surface area contributed by atoms with Crippen LogP contribution in [0, 0.1) is 5.82 Å². The first kappa shape index (κ1) is 13.6. The Morgan fingerprint density at radius 1 is 1.19 bits per heavy atom. The summed E-state index contributed by atoms with van der Waals surface area (Å²) in [6.45, 7) is 0.751. The van der Waals surface area contributed by atoms with Gasteiger partial charge < -0.3 is 15.8 Å². The minimum absolute atomic E-state index is 0.162. The zero-order valence-corrected chi connectivity index (χ0v) is 11.4. The van der Waals surface area contributed by atoms with E-state index < -0.39 is 11.9 Å². The number of aliphatic imine (C=N–C) groups is 1. The van der Waals surface area contributed by atoms with Crippen molar-refractivity contribution in [2.24, 2.45) is 10.7 Å². The van der Waals surface area contributed by atoms with Gasteiger partial charge in [-0.25, -0.2) is 4.39 Å². The van der Waals surface area contributed by atoms with E-state index in [9.17, 15) is 4.39 Å². The molecule has 3 N–H and O–H groups in total. The number of nitrogens with two attached hydrogens (primary N) is 1. The van der Waals surface area contributed by atoms with E-state index in [1.54, 1.807) is 18.2 Å². The number of benzene rings is 2. The van der Waals surface area contributed by atoms with Gasteiger partial charge in [-0.15, -0.1) is 0 Å². The van der Waals surface area contributed by atoms with Gasteiger partial charge in [0.1, 0.15) is 12.4 Å². The van der Waals surface area contributed by atoms with Crippen LogP contribution in [-0.4, -0.2) is 18.5 Å². The number of anilines is 1. The molecule has 1 aliphatic heterocycles. The molecule has 21 heavy (non-hydrogen) atoms. The Morgan fingerprint density at radius 3 is 2.81 bits per heavy atom. The van der Waals surface area contributed by atoms with E-state index >= 15 is 0 Å². The maximum absolute atomic E-state index is 13.5. The summed E-state index contributed by atoms with van der Waals surface area (Å²) < 4.78 is 18.9. The normalized spacial score (nSPS) is 14.7.